The van der Waals surface area contributed by atoms with Crippen LogP contribution < -0.4 is 16.6 Å². The summed E-state index contributed by atoms with van der Waals surface area (Å²) in [5.74, 6) is 4.00. The van der Waals surface area contributed by atoms with Crippen LogP contribution in [0.5, 0.6) is 0 Å². The highest BCUT2D eigenvalue weighted by Gasteiger charge is 2.51. The van der Waals surface area contributed by atoms with Crippen molar-refractivity contribution in [2.45, 2.75) is 78.1 Å². The van der Waals surface area contributed by atoms with Crippen molar-refractivity contribution in [2.75, 3.05) is 17.3 Å². The average molecular weight is 537 g/mol. The molecule has 4 atom stereocenters. The number of nitrogens with two attached hydrogens (primary N) is 1. The second-order valence-electron chi connectivity index (χ2n) is 9.39. The minimum Gasteiger partial charge on any atom is -0.463 e. The predicted molar refractivity (Wildman–Crippen MR) is 131 cm³/mol. The summed E-state index contributed by atoms with van der Waals surface area (Å²) in [4.78, 5) is 56.7. The maximum Gasteiger partial charge on any atom is 0.412 e. The maximum absolute atomic E-state index is 12.6. The Kier molecular flexibility index (Phi) is 8.73. The van der Waals surface area contributed by atoms with E-state index in [9.17, 15) is 19.2 Å². The Labute approximate surface area is 218 Å². The number of hydrazine groups is 1. The standard InChI is InChI=1S/C23H32N6O9/c1-7-15(32)37-17-14(9-34-11(2)30)36-21(18(17)35-12(3)31)29-8-13(27-22(33)38-23(4,5)6)16-19(28-24)25-10-26-20(16)29/h8,10,14,17-18,21H,7,9,24H2,1-6H3,(H,27,33)(H,25,26,28)/t14-,17-,18-,21-/m1/s1. The van der Waals surface area contributed by atoms with Gasteiger partial charge in [0.2, 0.25) is 0 Å². The number of amides is 1. The molecule has 1 aliphatic heterocycles. The van der Waals surface area contributed by atoms with E-state index in [4.69, 9.17) is 29.5 Å². The van der Waals surface area contributed by atoms with Crippen molar-refractivity contribution >= 4 is 46.5 Å². The molecule has 0 spiro atoms. The van der Waals surface area contributed by atoms with E-state index in [-0.39, 0.29) is 30.2 Å². The van der Waals surface area contributed by atoms with Crippen LogP contribution in [0, 0.1) is 0 Å². The molecule has 0 aliphatic carbocycles. The van der Waals surface area contributed by atoms with Gasteiger partial charge < -0.3 is 33.7 Å². The van der Waals surface area contributed by atoms with E-state index in [0.29, 0.717) is 5.39 Å². The number of nitrogens with zero attached hydrogens (tertiary/aromatic N) is 3. The molecule has 0 aromatic carbocycles. The molecule has 0 saturated carbocycles. The van der Waals surface area contributed by atoms with E-state index in [1.54, 1.807) is 27.7 Å². The monoisotopic (exact) mass is 536 g/mol. The van der Waals surface area contributed by atoms with Crippen LogP contribution in [0.3, 0.4) is 0 Å². The minimum atomic E-state index is -1.17. The van der Waals surface area contributed by atoms with E-state index in [2.05, 4.69) is 20.7 Å². The van der Waals surface area contributed by atoms with E-state index in [1.807, 2.05) is 0 Å². The van der Waals surface area contributed by atoms with Crippen LogP contribution in [0.1, 0.15) is 54.2 Å². The molecule has 0 bridgehead atoms. The van der Waals surface area contributed by atoms with E-state index in [0.717, 1.165) is 0 Å². The van der Waals surface area contributed by atoms with Crippen molar-refractivity contribution in [3.05, 3.63) is 12.5 Å². The van der Waals surface area contributed by atoms with Crippen molar-refractivity contribution in [1.29, 1.82) is 0 Å². The summed E-state index contributed by atoms with van der Waals surface area (Å²) in [6.45, 7) is 8.86. The largest absolute Gasteiger partial charge is 0.463 e. The Morgan fingerprint density at radius 1 is 1.11 bits per heavy atom. The molecule has 0 unspecified atom stereocenters. The van der Waals surface area contributed by atoms with Gasteiger partial charge in [-0.05, 0) is 20.8 Å². The number of hydrogen-bond donors (Lipinski definition) is 3. The fourth-order valence-corrected chi connectivity index (χ4v) is 3.86. The molecule has 1 aliphatic rings. The topological polar surface area (TPSA) is 195 Å². The van der Waals surface area contributed by atoms with Gasteiger partial charge in [0.1, 0.15) is 30.3 Å². The van der Waals surface area contributed by atoms with Gasteiger partial charge in [0, 0.05) is 26.5 Å². The zero-order valence-electron chi connectivity index (χ0n) is 22.0. The molecule has 0 radical (unpaired) electrons. The first-order valence-corrected chi connectivity index (χ1v) is 11.8. The molecule has 38 heavy (non-hydrogen) atoms. The predicted octanol–water partition coefficient (Wildman–Crippen LogP) is 1.78. The number of carbonyl (C=O) groups excluding carboxylic acids is 4. The van der Waals surface area contributed by atoms with Crippen molar-refractivity contribution in [2.24, 2.45) is 5.84 Å². The first-order valence-electron chi connectivity index (χ1n) is 11.8. The number of carbonyl (C=O) groups is 4. The summed E-state index contributed by atoms with van der Waals surface area (Å²) in [5, 5.41) is 2.95. The number of aromatic nitrogens is 3. The Morgan fingerprint density at radius 2 is 1.82 bits per heavy atom. The SMILES string of the molecule is CCC(=O)O[C@H]1[C@@H](OC(C)=O)[C@H](n2cc(NC(=O)OC(C)(C)C)c3c(NN)ncnc32)O[C@@H]1COC(C)=O. The molecule has 2 aromatic heterocycles. The Bertz CT molecular complexity index is 1210. The molecular weight excluding hydrogens is 504 g/mol. The fraction of sp³-hybridized carbons (Fsp3) is 0.565. The average Bonchev–Trinajstić information content (AvgIpc) is 3.34. The number of nitrogens with one attached hydrogen (secondary N) is 2. The first kappa shape index (κ1) is 28.6. The molecule has 2 aromatic rings. The fourth-order valence-electron chi connectivity index (χ4n) is 3.86. The molecule has 4 N–H and O–H groups in total. The van der Waals surface area contributed by atoms with Gasteiger partial charge in [-0.15, -0.1) is 0 Å². The summed E-state index contributed by atoms with van der Waals surface area (Å²) < 4.78 is 29.2. The lowest BCUT2D eigenvalue weighted by Gasteiger charge is -2.24. The second kappa shape index (κ2) is 11.6. The number of anilines is 2. The molecule has 3 rings (SSSR count). The molecule has 208 valence electrons. The summed E-state index contributed by atoms with van der Waals surface area (Å²) in [6.07, 6.45) is -2.41. The van der Waals surface area contributed by atoms with Gasteiger partial charge in [0.25, 0.3) is 0 Å². The Hall–Kier alpha value is -3.98. The van der Waals surface area contributed by atoms with Gasteiger partial charge in [-0.2, -0.15) is 0 Å². The number of ether oxygens (including phenoxy) is 5. The first-order chi connectivity index (χ1) is 17.8. The highest BCUT2D eigenvalue weighted by atomic mass is 16.7. The minimum absolute atomic E-state index is 0.0450. The summed E-state index contributed by atoms with van der Waals surface area (Å²) in [6, 6.07) is 0. The lowest BCUT2D eigenvalue weighted by molar-refractivity contribution is -0.167. The maximum atomic E-state index is 12.6. The number of nitrogen functional groups attached to an aromatic ring is 1. The smallest absolute Gasteiger partial charge is 0.412 e. The van der Waals surface area contributed by atoms with Gasteiger partial charge in [-0.25, -0.2) is 20.6 Å². The van der Waals surface area contributed by atoms with Crippen molar-refractivity contribution in [3.8, 4) is 0 Å². The molecule has 15 nitrogen and oxygen atoms in total. The van der Waals surface area contributed by atoms with Crippen molar-refractivity contribution in [1.82, 2.24) is 14.5 Å². The highest BCUT2D eigenvalue weighted by Crippen LogP contribution is 2.39. The van der Waals surface area contributed by atoms with Crippen LogP contribution in [-0.2, 0) is 38.1 Å². The van der Waals surface area contributed by atoms with Crippen LogP contribution in [0.2, 0.25) is 0 Å². The third-order valence-electron chi connectivity index (χ3n) is 5.25. The van der Waals surface area contributed by atoms with Crippen LogP contribution in [0.4, 0.5) is 16.3 Å². The van der Waals surface area contributed by atoms with Gasteiger partial charge in [0.15, 0.2) is 24.3 Å². The van der Waals surface area contributed by atoms with Crippen molar-refractivity contribution in [3.63, 3.8) is 0 Å². The number of fused-ring (bicyclic) bond motifs is 1. The summed E-state index contributed by atoms with van der Waals surface area (Å²) in [7, 11) is 0. The van der Waals surface area contributed by atoms with Gasteiger partial charge >= 0.3 is 24.0 Å². The number of rotatable bonds is 8. The summed E-state index contributed by atoms with van der Waals surface area (Å²) >= 11 is 0. The summed E-state index contributed by atoms with van der Waals surface area (Å²) in [5.41, 5.74) is 2.12. The third kappa shape index (κ3) is 6.66. The number of hydrogen-bond acceptors (Lipinski definition) is 13. The van der Waals surface area contributed by atoms with Gasteiger partial charge in [0.05, 0.1) is 11.1 Å². The lowest BCUT2D eigenvalue weighted by Crippen LogP contribution is -2.40. The number of esters is 3. The van der Waals surface area contributed by atoms with Crippen LogP contribution in [-0.4, -0.2) is 69.1 Å². The van der Waals surface area contributed by atoms with Crippen LogP contribution >= 0.6 is 0 Å². The molecule has 1 amide bonds. The zero-order valence-corrected chi connectivity index (χ0v) is 22.0. The Balaban J connectivity index is 2.11. The third-order valence-corrected chi connectivity index (χ3v) is 5.25. The van der Waals surface area contributed by atoms with Crippen LogP contribution in [0.25, 0.3) is 11.0 Å². The Morgan fingerprint density at radius 3 is 2.39 bits per heavy atom. The van der Waals surface area contributed by atoms with Gasteiger partial charge in [-0.1, -0.05) is 6.92 Å². The van der Waals surface area contributed by atoms with E-state index in [1.165, 1.54) is 30.9 Å². The molecular formula is C23H32N6O9. The van der Waals surface area contributed by atoms with Gasteiger partial charge in [-0.3, -0.25) is 19.7 Å². The molecule has 1 fully saturated rings. The highest BCUT2D eigenvalue weighted by molar-refractivity contribution is 6.04. The molecule has 3 heterocycles. The lowest BCUT2D eigenvalue weighted by atomic mass is 10.1. The second-order valence-corrected chi connectivity index (χ2v) is 9.39. The molecule has 1 saturated heterocycles. The van der Waals surface area contributed by atoms with Crippen LogP contribution in [0.15, 0.2) is 12.5 Å². The van der Waals surface area contributed by atoms with E-state index < -0.39 is 54.1 Å². The normalized spacial score (nSPS) is 21.0. The van der Waals surface area contributed by atoms with E-state index >= 15 is 0 Å². The quantitative estimate of drug-likeness (QED) is 0.191. The van der Waals surface area contributed by atoms with Crippen molar-refractivity contribution < 1.29 is 42.9 Å². The molecule has 15 heteroatoms. The zero-order chi connectivity index (χ0) is 28.2.